The lowest BCUT2D eigenvalue weighted by Crippen LogP contribution is -2.53. The lowest BCUT2D eigenvalue weighted by atomic mass is 9.94. The fourth-order valence-corrected chi connectivity index (χ4v) is 5.24. The van der Waals surface area contributed by atoms with E-state index in [1.54, 1.807) is 0 Å². The zero-order valence-corrected chi connectivity index (χ0v) is 15.1. The zero-order chi connectivity index (χ0) is 18.5. The lowest BCUT2D eigenvalue weighted by molar-refractivity contribution is -0.142. The second-order valence-corrected chi connectivity index (χ2v) is 7.91. The molecule has 3 saturated heterocycles. The van der Waals surface area contributed by atoms with E-state index >= 15 is 0 Å². The van der Waals surface area contributed by atoms with Crippen LogP contribution in [0.2, 0.25) is 0 Å². The number of nitrogens with zero attached hydrogens (tertiary/aromatic N) is 2. The molecule has 3 heterocycles. The minimum atomic E-state index is -0.0433. The molecule has 5 nitrogen and oxygen atoms in total. The maximum atomic E-state index is 13.4. The monoisotopic (exact) mass is 362 g/mol. The van der Waals surface area contributed by atoms with Crippen LogP contribution in [0.3, 0.4) is 0 Å². The number of likely N-dealkylation sites (tertiary alicyclic amines) is 1. The maximum absolute atomic E-state index is 13.4. The maximum Gasteiger partial charge on any atom is 0.254 e. The first kappa shape index (κ1) is 16.5. The van der Waals surface area contributed by atoms with Crippen LogP contribution in [0.5, 0.6) is 0 Å². The van der Waals surface area contributed by atoms with Gasteiger partial charge < -0.3 is 4.90 Å². The summed E-state index contributed by atoms with van der Waals surface area (Å²) in [7, 11) is 0. The van der Waals surface area contributed by atoms with Crippen LogP contribution < -0.4 is 0 Å². The fraction of sp³-hybridized carbons (Fsp3) is 0.409. The Bertz CT molecular complexity index is 918. The number of piperidine rings is 1. The van der Waals surface area contributed by atoms with Crippen LogP contribution in [0.15, 0.2) is 42.5 Å². The van der Waals surface area contributed by atoms with Crippen molar-refractivity contribution < 1.29 is 14.4 Å². The molecule has 3 aliphatic heterocycles. The number of amides is 3. The predicted octanol–water partition coefficient (Wildman–Crippen LogP) is 3.12. The van der Waals surface area contributed by atoms with Gasteiger partial charge in [-0.3, -0.25) is 19.3 Å². The summed E-state index contributed by atoms with van der Waals surface area (Å²) < 4.78 is 0. The third-order valence-corrected chi connectivity index (χ3v) is 6.42. The Kier molecular flexibility index (Phi) is 3.78. The summed E-state index contributed by atoms with van der Waals surface area (Å²) in [6.07, 6.45) is 4.00. The number of hydrogen-bond acceptors (Lipinski definition) is 3. The van der Waals surface area contributed by atoms with Crippen LogP contribution in [-0.4, -0.2) is 45.6 Å². The van der Waals surface area contributed by atoms with Crippen LogP contribution in [0.1, 0.15) is 48.9 Å². The van der Waals surface area contributed by atoms with E-state index < -0.39 is 0 Å². The smallest absolute Gasteiger partial charge is 0.254 e. The summed E-state index contributed by atoms with van der Waals surface area (Å²) in [6.45, 7) is 0. The van der Waals surface area contributed by atoms with Crippen molar-refractivity contribution in [3.63, 3.8) is 0 Å². The molecular weight excluding hydrogens is 340 g/mol. The topological polar surface area (TPSA) is 57.7 Å². The number of imide groups is 1. The molecule has 2 unspecified atom stereocenters. The van der Waals surface area contributed by atoms with Gasteiger partial charge in [0, 0.05) is 36.5 Å². The SMILES string of the molecule is O=C1CCC(=O)N1C1CC2CCC(C1)N2C(=O)c1cccc2ccccc12. The molecule has 0 radical (unpaired) electrons. The van der Waals surface area contributed by atoms with Crippen molar-refractivity contribution in [3.05, 3.63) is 48.0 Å². The molecule has 27 heavy (non-hydrogen) atoms. The van der Waals surface area contributed by atoms with Crippen LogP contribution in [-0.2, 0) is 9.59 Å². The number of benzene rings is 2. The Hall–Kier alpha value is -2.69. The van der Waals surface area contributed by atoms with Crippen LogP contribution in [0.4, 0.5) is 0 Å². The molecule has 138 valence electrons. The van der Waals surface area contributed by atoms with Crippen LogP contribution in [0.25, 0.3) is 10.8 Å². The van der Waals surface area contributed by atoms with Gasteiger partial charge in [0.25, 0.3) is 5.91 Å². The molecule has 0 aliphatic carbocycles. The molecule has 2 atom stereocenters. The first-order valence-corrected chi connectivity index (χ1v) is 9.79. The molecule has 0 saturated carbocycles. The quantitative estimate of drug-likeness (QED) is 0.771. The average Bonchev–Trinajstić information content (AvgIpc) is 3.16. The van der Waals surface area contributed by atoms with Crippen molar-refractivity contribution in [2.45, 2.75) is 56.7 Å². The fourth-order valence-electron chi connectivity index (χ4n) is 5.24. The van der Waals surface area contributed by atoms with Gasteiger partial charge in [-0.1, -0.05) is 36.4 Å². The molecule has 2 aromatic rings. The van der Waals surface area contributed by atoms with E-state index in [-0.39, 0.29) is 35.8 Å². The highest BCUT2D eigenvalue weighted by atomic mass is 16.2. The first-order chi connectivity index (χ1) is 13.1. The van der Waals surface area contributed by atoms with Gasteiger partial charge in [0.15, 0.2) is 0 Å². The molecule has 0 N–H and O–H groups in total. The molecular formula is C22H22N2O3. The molecule has 0 spiro atoms. The molecule has 3 amide bonds. The van der Waals surface area contributed by atoms with Crippen molar-refractivity contribution in [1.29, 1.82) is 0 Å². The number of carbonyl (C=O) groups is 3. The highest BCUT2D eigenvalue weighted by Gasteiger charge is 2.48. The normalized spacial score (nSPS) is 27.6. The van der Waals surface area contributed by atoms with E-state index in [9.17, 15) is 14.4 Å². The van der Waals surface area contributed by atoms with E-state index in [1.807, 2.05) is 47.4 Å². The van der Waals surface area contributed by atoms with Gasteiger partial charge in [0.2, 0.25) is 11.8 Å². The van der Waals surface area contributed by atoms with Crippen LogP contribution in [0, 0.1) is 0 Å². The Morgan fingerprint density at radius 1 is 0.815 bits per heavy atom. The highest BCUT2D eigenvalue weighted by molar-refractivity contribution is 6.07. The molecule has 3 fully saturated rings. The molecule has 2 aromatic carbocycles. The number of rotatable bonds is 2. The molecule has 3 aliphatic rings. The summed E-state index contributed by atoms with van der Waals surface area (Å²) >= 11 is 0. The second kappa shape index (κ2) is 6.19. The predicted molar refractivity (Wildman–Crippen MR) is 101 cm³/mol. The van der Waals surface area contributed by atoms with Crippen molar-refractivity contribution in [2.75, 3.05) is 0 Å². The summed E-state index contributed by atoms with van der Waals surface area (Å²) in [5, 5.41) is 2.05. The van der Waals surface area contributed by atoms with Crippen molar-refractivity contribution in [1.82, 2.24) is 9.80 Å². The van der Waals surface area contributed by atoms with E-state index in [0.717, 1.165) is 29.2 Å². The van der Waals surface area contributed by atoms with Gasteiger partial charge in [0.05, 0.1) is 0 Å². The first-order valence-electron chi connectivity index (χ1n) is 9.79. The van der Waals surface area contributed by atoms with Gasteiger partial charge in [-0.25, -0.2) is 0 Å². The van der Waals surface area contributed by atoms with Gasteiger partial charge in [-0.15, -0.1) is 0 Å². The number of hydrogen-bond donors (Lipinski definition) is 0. The highest BCUT2D eigenvalue weighted by Crippen LogP contribution is 2.40. The Labute approximate surface area is 157 Å². The second-order valence-electron chi connectivity index (χ2n) is 7.91. The van der Waals surface area contributed by atoms with E-state index in [0.29, 0.717) is 25.7 Å². The summed E-state index contributed by atoms with van der Waals surface area (Å²) in [5.41, 5.74) is 0.747. The third-order valence-electron chi connectivity index (χ3n) is 6.42. The summed E-state index contributed by atoms with van der Waals surface area (Å²) in [4.78, 5) is 41.2. The molecule has 5 rings (SSSR count). The summed E-state index contributed by atoms with van der Waals surface area (Å²) in [5.74, 6) is -0.00622. The van der Waals surface area contributed by atoms with Crippen molar-refractivity contribution in [2.24, 2.45) is 0 Å². The van der Waals surface area contributed by atoms with Gasteiger partial charge in [0.1, 0.15) is 0 Å². The number of carbonyl (C=O) groups excluding carboxylic acids is 3. The third kappa shape index (κ3) is 2.56. The Morgan fingerprint density at radius 2 is 1.44 bits per heavy atom. The van der Waals surface area contributed by atoms with Crippen molar-refractivity contribution >= 4 is 28.5 Å². The minimum Gasteiger partial charge on any atom is -0.333 e. The molecule has 0 aromatic heterocycles. The average molecular weight is 362 g/mol. The molecule has 2 bridgehead atoms. The Morgan fingerprint density at radius 3 is 2.15 bits per heavy atom. The van der Waals surface area contributed by atoms with E-state index in [4.69, 9.17) is 0 Å². The van der Waals surface area contributed by atoms with Crippen LogP contribution >= 0.6 is 0 Å². The van der Waals surface area contributed by atoms with E-state index in [2.05, 4.69) is 0 Å². The lowest BCUT2D eigenvalue weighted by Gasteiger charge is -2.41. The summed E-state index contributed by atoms with van der Waals surface area (Å²) in [6, 6.07) is 14.0. The minimum absolute atomic E-state index is 0.0402. The van der Waals surface area contributed by atoms with Crippen molar-refractivity contribution in [3.8, 4) is 0 Å². The molecule has 5 heteroatoms. The van der Waals surface area contributed by atoms with E-state index in [1.165, 1.54) is 4.90 Å². The zero-order valence-electron chi connectivity index (χ0n) is 15.1. The standard InChI is InChI=1S/C22H22N2O3/c25-20-10-11-21(26)24(20)17-12-15-8-9-16(13-17)23(15)22(27)19-7-3-5-14-4-1-2-6-18(14)19/h1-7,15-17H,8-13H2. The van der Waals surface area contributed by atoms with Gasteiger partial charge in [-0.2, -0.15) is 0 Å². The Balaban J connectivity index is 1.43. The van der Waals surface area contributed by atoms with Gasteiger partial charge in [-0.05, 0) is 42.5 Å². The number of fused-ring (bicyclic) bond motifs is 3. The largest absolute Gasteiger partial charge is 0.333 e. The van der Waals surface area contributed by atoms with Gasteiger partial charge >= 0.3 is 0 Å².